The molecular formula is C14H21BrN2O2. The first-order chi connectivity index (χ1) is 9.13. The van der Waals surface area contributed by atoms with Gasteiger partial charge in [0.25, 0.3) is 0 Å². The molecule has 0 radical (unpaired) electrons. The number of methoxy groups -OCH3 is 1. The molecule has 106 valence electrons. The van der Waals surface area contributed by atoms with E-state index >= 15 is 0 Å². The first kappa shape index (κ1) is 14.6. The Hall–Kier alpha value is -0.780. The number of benzene rings is 1. The molecule has 0 spiro atoms. The fourth-order valence-corrected chi connectivity index (χ4v) is 3.06. The molecule has 1 fully saturated rings. The standard InChI is InChI=1S/C14H21BrN2O2/c1-16-11-4-3-5-17(9-11)8-10-6-12(15)14(18)13(7-10)19-2/h6-7,11,16,18H,3-5,8-9H2,1-2H3. The van der Waals surface area contributed by atoms with E-state index in [1.165, 1.54) is 12.8 Å². The van der Waals surface area contributed by atoms with E-state index in [4.69, 9.17) is 4.74 Å². The van der Waals surface area contributed by atoms with Crippen LogP contribution in [-0.4, -0.2) is 43.3 Å². The molecule has 1 aliphatic rings. The van der Waals surface area contributed by atoms with Crippen LogP contribution < -0.4 is 10.1 Å². The molecule has 19 heavy (non-hydrogen) atoms. The van der Waals surface area contributed by atoms with Crippen molar-refractivity contribution >= 4 is 15.9 Å². The summed E-state index contributed by atoms with van der Waals surface area (Å²) in [6.07, 6.45) is 2.47. The Balaban J connectivity index is 2.08. The highest BCUT2D eigenvalue weighted by Gasteiger charge is 2.19. The summed E-state index contributed by atoms with van der Waals surface area (Å²) in [5.41, 5.74) is 1.15. The summed E-state index contributed by atoms with van der Waals surface area (Å²) in [5, 5.41) is 13.2. The predicted molar refractivity (Wildman–Crippen MR) is 79.7 cm³/mol. The van der Waals surface area contributed by atoms with Gasteiger partial charge in [-0.05, 0) is 60.1 Å². The molecule has 0 saturated carbocycles. The quantitative estimate of drug-likeness (QED) is 0.890. The summed E-state index contributed by atoms with van der Waals surface area (Å²) < 4.78 is 5.87. The van der Waals surface area contributed by atoms with Crippen molar-refractivity contribution in [3.05, 3.63) is 22.2 Å². The number of hydrogen-bond donors (Lipinski definition) is 2. The summed E-state index contributed by atoms with van der Waals surface area (Å²) >= 11 is 3.37. The number of hydrogen-bond acceptors (Lipinski definition) is 4. The monoisotopic (exact) mass is 328 g/mol. The third-order valence-electron chi connectivity index (χ3n) is 3.63. The molecule has 2 rings (SSSR count). The SMILES string of the molecule is CNC1CCCN(Cc2cc(Br)c(O)c(OC)c2)C1. The van der Waals surface area contributed by atoms with Crippen LogP contribution in [0, 0.1) is 0 Å². The van der Waals surface area contributed by atoms with Crippen LogP contribution in [0.2, 0.25) is 0 Å². The number of nitrogens with zero attached hydrogens (tertiary/aromatic N) is 1. The number of phenols is 1. The smallest absolute Gasteiger partial charge is 0.172 e. The second kappa shape index (κ2) is 6.59. The molecule has 0 aliphatic carbocycles. The van der Waals surface area contributed by atoms with Gasteiger partial charge in [-0.3, -0.25) is 4.90 Å². The zero-order valence-corrected chi connectivity index (χ0v) is 13.0. The minimum atomic E-state index is 0.165. The number of ether oxygens (including phenoxy) is 1. The van der Waals surface area contributed by atoms with Crippen molar-refractivity contribution < 1.29 is 9.84 Å². The molecular weight excluding hydrogens is 308 g/mol. The number of halogens is 1. The summed E-state index contributed by atoms with van der Waals surface area (Å²) in [6, 6.07) is 4.44. The van der Waals surface area contributed by atoms with Crippen molar-refractivity contribution in [1.82, 2.24) is 10.2 Å². The summed E-state index contributed by atoms with van der Waals surface area (Å²) in [7, 11) is 3.59. The number of likely N-dealkylation sites (N-methyl/N-ethyl adjacent to an activating group) is 1. The van der Waals surface area contributed by atoms with Gasteiger partial charge in [0.05, 0.1) is 11.6 Å². The van der Waals surface area contributed by atoms with E-state index in [1.807, 2.05) is 19.2 Å². The van der Waals surface area contributed by atoms with Gasteiger partial charge >= 0.3 is 0 Å². The number of likely N-dealkylation sites (tertiary alicyclic amines) is 1. The van der Waals surface area contributed by atoms with Crippen molar-refractivity contribution in [3.8, 4) is 11.5 Å². The minimum absolute atomic E-state index is 0.165. The van der Waals surface area contributed by atoms with Crippen molar-refractivity contribution in [2.45, 2.75) is 25.4 Å². The fraction of sp³-hybridized carbons (Fsp3) is 0.571. The van der Waals surface area contributed by atoms with Crippen LogP contribution in [0.1, 0.15) is 18.4 Å². The molecule has 1 aromatic carbocycles. The van der Waals surface area contributed by atoms with Crippen LogP contribution in [0.25, 0.3) is 0 Å². The molecule has 0 amide bonds. The number of aromatic hydroxyl groups is 1. The number of rotatable bonds is 4. The predicted octanol–water partition coefficient (Wildman–Crippen LogP) is 2.35. The van der Waals surface area contributed by atoms with E-state index in [2.05, 4.69) is 26.1 Å². The third kappa shape index (κ3) is 3.61. The average molecular weight is 329 g/mol. The van der Waals surface area contributed by atoms with Gasteiger partial charge in [0, 0.05) is 19.1 Å². The molecule has 0 bridgehead atoms. The average Bonchev–Trinajstić information content (AvgIpc) is 2.43. The van der Waals surface area contributed by atoms with Crippen LogP contribution in [-0.2, 0) is 6.54 Å². The Morgan fingerprint density at radius 3 is 3.00 bits per heavy atom. The second-order valence-corrected chi connectivity index (χ2v) is 5.85. The lowest BCUT2D eigenvalue weighted by Crippen LogP contribution is -2.43. The maximum absolute atomic E-state index is 9.81. The fourth-order valence-electron chi connectivity index (χ4n) is 2.57. The first-order valence-corrected chi connectivity index (χ1v) is 7.38. The van der Waals surface area contributed by atoms with E-state index in [0.717, 1.165) is 25.2 Å². The lowest BCUT2D eigenvalue weighted by Gasteiger charge is -2.32. The van der Waals surface area contributed by atoms with Crippen molar-refractivity contribution in [2.24, 2.45) is 0 Å². The van der Waals surface area contributed by atoms with Crippen LogP contribution >= 0.6 is 15.9 Å². The summed E-state index contributed by atoms with van der Waals surface area (Å²) in [6.45, 7) is 3.07. The van der Waals surface area contributed by atoms with E-state index in [9.17, 15) is 5.11 Å². The molecule has 1 aliphatic heterocycles. The topological polar surface area (TPSA) is 44.7 Å². The first-order valence-electron chi connectivity index (χ1n) is 6.59. The Kier molecular flexibility index (Phi) is 5.07. The molecule has 1 heterocycles. The number of nitrogens with one attached hydrogen (secondary N) is 1. The van der Waals surface area contributed by atoms with Crippen LogP contribution in [0.15, 0.2) is 16.6 Å². The van der Waals surface area contributed by atoms with E-state index in [1.54, 1.807) is 7.11 Å². The molecule has 4 nitrogen and oxygen atoms in total. The van der Waals surface area contributed by atoms with Gasteiger partial charge in [-0.2, -0.15) is 0 Å². The highest BCUT2D eigenvalue weighted by Crippen LogP contribution is 2.35. The van der Waals surface area contributed by atoms with Crippen molar-refractivity contribution in [2.75, 3.05) is 27.2 Å². The van der Waals surface area contributed by atoms with Crippen LogP contribution in [0.3, 0.4) is 0 Å². The molecule has 2 N–H and O–H groups in total. The highest BCUT2D eigenvalue weighted by atomic mass is 79.9. The van der Waals surface area contributed by atoms with Crippen molar-refractivity contribution in [1.29, 1.82) is 0 Å². The molecule has 5 heteroatoms. The Morgan fingerprint density at radius 1 is 1.53 bits per heavy atom. The lowest BCUT2D eigenvalue weighted by atomic mass is 10.0. The summed E-state index contributed by atoms with van der Waals surface area (Å²) in [4.78, 5) is 2.43. The number of phenolic OH excluding ortho intramolecular Hbond substituents is 1. The second-order valence-electron chi connectivity index (χ2n) is 4.99. The number of piperidine rings is 1. The largest absolute Gasteiger partial charge is 0.503 e. The molecule has 0 aromatic heterocycles. The van der Waals surface area contributed by atoms with E-state index < -0.39 is 0 Å². The molecule has 1 saturated heterocycles. The molecule has 1 atom stereocenters. The van der Waals surface area contributed by atoms with Gasteiger partial charge in [-0.25, -0.2) is 0 Å². The van der Waals surface area contributed by atoms with Crippen LogP contribution in [0.5, 0.6) is 11.5 Å². The normalized spacial score (nSPS) is 20.5. The Labute approximate surface area is 122 Å². The van der Waals surface area contributed by atoms with Gasteiger partial charge < -0.3 is 15.2 Å². The maximum Gasteiger partial charge on any atom is 0.172 e. The van der Waals surface area contributed by atoms with Crippen LogP contribution in [0.4, 0.5) is 0 Å². The maximum atomic E-state index is 9.81. The molecule has 1 unspecified atom stereocenters. The van der Waals surface area contributed by atoms with Gasteiger partial charge in [-0.15, -0.1) is 0 Å². The van der Waals surface area contributed by atoms with E-state index in [-0.39, 0.29) is 5.75 Å². The van der Waals surface area contributed by atoms with E-state index in [0.29, 0.717) is 16.3 Å². The Morgan fingerprint density at radius 2 is 2.32 bits per heavy atom. The molecule has 1 aromatic rings. The Bertz CT molecular complexity index is 440. The zero-order valence-electron chi connectivity index (χ0n) is 11.4. The summed E-state index contributed by atoms with van der Waals surface area (Å²) in [5.74, 6) is 0.685. The van der Waals surface area contributed by atoms with Gasteiger partial charge in [-0.1, -0.05) is 0 Å². The van der Waals surface area contributed by atoms with Gasteiger partial charge in [0.1, 0.15) is 0 Å². The zero-order chi connectivity index (χ0) is 13.8. The van der Waals surface area contributed by atoms with Gasteiger partial charge in [0.15, 0.2) is 11.5 Å². The van der Waals surface area contributed by atoms with Gasteiger partial charge in [0.2, 0.25) is 0 Å². The minimum Gasteiger partial charge on any atom is -0.503 e. The lowest BCUT2D eigenvalue weighted by molar-refractivity contribution is 0.187. The third-order valence-corrected chi connectivity index (χ3v) is 4.23. The van der Waals surface area contributed by atoms with Crippen molar-refractivity contribution in [3.63, 3.8) is 0 Å². The highest BCUT2D eigenvalue weighted by molar-refractivity contribution is 9.10.